The first-order valence-electron chi connectivity index (χ1n) is 13.4. The minimum Gasteiger partial charge on any atom is -0.392 e. The fourth-order valence-electron chi connectivity index (χ4n) is 6.26. The van der Waals surface area contributed by atoms with Crippen LogP contribution in [0.2, 0.25) is 0 Å². The highest BCUT2D eigenvalue weighted by molar-refractivity contribution is 5.97. The number of aliphatic hydroxyl groups excluding tert-OH is 1. The topological polar surface area (TPSA) is 82.5 Å². The average molecular weight is 501 g/mol. The molecule has 0 bridgehead atoms. The van der Waals surface area contributed by atoms with E-state index >= 15 is 0 Å². The fourth-order valence-corrected chi connectivity index (χ4v) is 6.26. The number of benzene rings is 2. The van der Waals surface area contributed by atoms with Crippen LogP contribution in [0.1, 0.15) is 70.9 Å². The highest BCUT2D eigenvalue weighted by atomic mass is 16.3. The average Bonchev–Trinajstić information content (AvgIpc) is 2.92. The van der Waals surface area contributed by atoms with E-state index in [9.17, 15) is 15.0 Å². The summed E-state index contributed by atoms with van der Waals surface area (Å²) in [5.41, 5.74) is 4.56. The number of hydrogen-bond acceptors (Lipinski definition) is 5. The molecule has 4 rings (SSSR count). The summed E-state index contributed by atoms with van der Waals surface area (Å²) in [4.78, 5) is 17.5. The molecule has 1 heterocycles. The van der Waals surface area contributed by atoms with Crippen LogP contribution in [0.4, 0.5) is 0 Å². The van der Waals surface area contributed by atoms with Crippen LogP contribution >= 0.6 is 0 Å². The second kappa shape index (κ2) is 11.7. The molecule has 5 heteroatoms. The highest BCUT2D eigenvalue weighted by Crippen LogP contribution is 2.51. The van der Waals surface area contributed by atoms with Crippen molar-refractivity contribution >= 4 is 5.78 Å². The third-order valence-electron chi connectivity index (χ3n) is 8.52. The SMILES string of the molecule is CC[C@@]1(O)CC[C@@](Cc2ccccc2)(c2ccc(C(=O)Cc3cccnc3C)cc2CO)[C@H](CNC)C1. The van der Waals surface area contributed by atoms with E-state index in [-0.39, 0.29) is 30.1 Å². The number of hydrogen-bond donors (Lipinski definition) is 3. The Balaban J connectivity index is 1.76. The summed E-state index contributed by atoms with van der Waals surface area (Å²) in [6.07, 6.45) is 5.78. The maximum atomic E-state index is 13.2. The number of nitrogens with one attached hydrogen (secondary N) is 1. The molecule has 3 N–H and O–H groups in total. The molecular weight excluding hydrogens is 460 g/mol. The Kier molecular flexibility index (Phi) is 8.58. The van der Waals surface area contributed by atoms with Gasteiger partial charge in [0.1, 0.15) is 0 Å². The quantitative estimate of drug-likeness (QED) is 0.343. The van der Waals surface area contributed by atoms with Crippen molar-refractivity contribution in [2.24, 2.45) is 5.92 Å². The molecule has 196 valence electrons. The van der Waals surface area contributed by atoms with Crippen molar-refractivity contribution in [3.63, 3.8) is 0 Å². The zero-order valence-electron chi connectivity index (χ0n) is 22.3. The third-order valence-corrected chi connectivity index (χ3v) is 8.52. The number of aryl methyl sites for hydroxylation is 1. The van der Waals surface area contributed by atoms with Crippen LogP contribution in [0.5, 0.6) is 0 Å². The molecule has 1 aliphatic carbocycles. The van der Waals surface area contributed by atoms with E-state index < -0.39 is 5.60 Å². The van der Waals surface area contributed by atoms with Crippen LogP contribution in [0.15, 0.2) is 66.9 Å². The molecule has 1 aliphatic rings. The summed E-state index contributed by atoms with van der Waals surface area (Å²) in [7, 11) is 1.96. The van der Waals surface area contributed by atoms with Gasteiger partial charge in [-0.2, -0.15) is 0 Å². The molecule has 3 aromatic rings. The van der Waals surface area contributed by atoms with Crippen molar-refractivity contribution in [3.05, 3.63) is 100 Å². The van der Waals surface area contributed by atoms with Crippen LogP contribution in [-0.2, 0) is 24.9 Å². The van der Waals surface area contributed by atoms with Crippen LogP contribution in [0.3, 0.4) is 0 Å². The third kappa shape index (κ3) is 5.85. The van der Waals surface area contributed by atoms with Gasteiger partial charge in [-0.3, -0.25) is 9.78 Å². The molecule has 1 saturated carbocycles. The van der Waals surface area contributed by atoms with Crippen LogP contribution < -0.4 is 5.32 Å². The molecule has 0 saturated heterocycles. The van der Waals surface area contributed by atoms with E-state index in [4.69, 9.17) is 0 Å². The second-order valence-corrected chi connectivity index (χ2v) is 10.7. The number of pyridine rings is 1. The van der Waals surface area contributed by atoms with Crippen molar-refractivity contribution in [1.29, 1.82) is 0 Å². The summed E-state index contributed by atoms with van der Waals surface area (Å²) < 4.78 is 0. The van der Waals surface area contributed by atoms with Crippen molar-refractivity contribution in [1.82, 2.24) is 10.3 Å². The minimum atomic E-state index is -0.682. The Morgan fingerprint density at radius 3 is 2.54 bits per heavy atom. The monoisotopic (exact) mass is 500 g/mol. The number of aromatic nitrogens is 1. The number of rotatable bonds is 10. The van der Waals surface area contributed by atoms with Crippen LogP contribution in [-0.4, -0.2) is 40.2 Å². The van der Waals surface area contributed by atoms with E-state index in [1.165, 1.54) is 5.56 Å². The molecule has 0 aliphatic heterocycles. The largest absolute Gasteiger partial charge is 0.392 e. The number of nitrogens with zero attached hydrogens (tertiary/aromatic N) is 1. The van der Waals surface area contributed by atoms with Gasteiger partial charge in [0.05, 0.1) is 12.2 Å². The molecule has 3 atom stereocenters. The van der Waals surface area contributed by atoms with E-state index in [0.717, 1.165) is 48.2 Å². The summed E-state index contributed by atoms with van der Waals surface area (Å²) >= 11 is 0. The van der Waals surface area contributed by atoms with Crippen molar-refractivity contribution in [2.45, 2.75) is 70.0 Å². The van der Waals surface area contributed by atoms with Crippen LogP contribution in [0.25, 0.3) is 0 Å². The normalized spacial score (nSPS) is 23.6. The lowest BCUT2D eigenvalue weighted by atomic mass is 9.55. The Bertz CT molecular complexity index is 1210. The smallest absolute Gasteiger partial charge is 0.167 e. The first kappa shape index (κ1) is 27.2. The Morgan fingerprint density at radius 2 is 1.86 bits per heavy atom. The number of Topliss-reactive ketones (excluding diaryl/α,β-unsaturated/α-hetero) is 1. The molecular formula is C32H40N2O3. The van der Waals surface area contributed by atoms with Gasteiger partial charge in [0.15, 0.2) is 5.78 Å². The molecule has 1 fully saturated rings. The second-order valence-electron chi connectivity index (χ2n) is 10.7. The molecule has 2 aromatic carbocycles. The van der Waals surface area contributed by atoms with E-state index in [1.54, 1.807) is 6.20 Å². The summed E-state index contributed by atoms with van der Waals surface area (Å²) in [6, 6.07) is 20.1. The predicted molar refractivity (Wildman–Crippen MR) is 148 cm³/mol. The lowest BCUT2D eigenvalue weighted by Crippen LogP contribution is -2.52. The van der Waals surface area contributed by atoms with E-state index in [0.29, 0.717) is 18.4 Å². The fraction of sp³-hybridized carbons (Fsp3) is 0.438. The van der Waals surface area contributed by atoms with Gasteiger partial charge in [0.2, 0.25) is 0 Å². The maximum Gasteiger partial charge on any atom is 0.167 e. The molecule has 0 spiro atoms. The first-order valence-corrected chi connectivity index (χ1v) is 13.4. The molecule has 37 heavy (non-hydrogen) atoms. The summed E-state index contributed by atoms with van der Waals surface area (Å²) in [5, 5.41) is 25.2. The molecule has 0 unspecified atom stereocenters. The van der Waals surface area contributed by atoms with Crippen molar-refractivity contribution in [3.8, 4) is 0 Å². The Labute approximate surface area is 221 Å². The van der Waals surface area contributed by atoms with Crippen LogP contribution in [0, 0.1) is 12.8 Å². The maximum absolute atomic E-state index is 13.2. The van der Waals surface area contributed by atoms with Gasteiger partial charge < -0.3 is 15.5 Å². The van der Waals surface area contributed by atoms with Crippen molar-refractivity contribution in [2.75, 3.05) is 13.6 Å². The van der Waals surface area contributed by atoms with Gasteiger partial charge in [-0.05, 0) is 92.9 Å². The number of carbonyl (C=O) groups excluding carboxylic acids is 1. The minimum absolute atomic E-state index is 0.0187. The van der Waals surface area contributed by atoms with Gasteiger partial charge in [0.25, 0.3) is 0 Å². The zero-order valence-corrected chi connectivity index (χ0v) is 22.3. The number of carbonyl (C=O) groups is 1. The highest BCUT2D eigenvalue weighted by Gasteiger charge is 2.49. The predicted octanol–water partition coefficient (Wildman–Crippen LogP) is 4.95. The Morgan fingerprint density at radius 1 is 1.08 bits per heavy atom. The molecule has 1 aromatic heterocycles. The molecule has 5 nitrogen and oxygen atoms in total. The zero-order chi connectivity index (χ0) is 26.5. The molecule has 0 amide bonds. The lowest BCUT2D eigenvalue weighted by molar-refractivity contribution is -0.0480. The first-order chi connectivity index (χ1) is 17.8. The van der Waals surface area contributed by atoms with E-state index in [2.05, 4.69) is 47.6 Å². The standard InChI is InChI=1S/C32H40N2O3/c1-4-31(37)14-15-32(28(20-31)21-33-3,19-24-9-6-5-7-10-24)29-13-12-26(17-27(29)22-35)30(36)18-25-11-8-16-34-23(25)2/h5-13,16-17,28,33,35,37H,4,14-15,18-22H2,1-3H3/t28-,31+,32-/m0/s1. The van der Waals surface area contributed by atoms with Gasteiger partial charge in [0, 0.05) is 29.3 Å². The molecule has 0 radical (unpaired) electrons. The number of ketones is 1. The van der Waals surface area contributed by atoms with E-state index in [1.807, 2.05) is 44.3 Å². The van der Waals surface area contributed by atoms with Crippen molar-refractivity contribution < 1.29 is 15.0 Å². The van der Waals surface area contributed by atoms with Gasteiger partial charge >= 0.3 is 0 Å². The summed E-state index contributed by atoms with van der Waals surface area (Å²) in [6.45, 7) is 4.61. The van der Waals surface area contributed by atoms with Gasteiger partial charge in [-0.15, -0.1) is 0 Å². The Hall–Kier alpha value is -2.86. The number of aliphatic hydroxyl groups is 2. The van der Waals surface area contributed by atoms with Gasteiger partial charge in [-0.1, -0.05) is 55.5 Å². The lowest BCUT2D eigenvalue weighted by Gasteiger charge is -2.51. The van der Waals surface area contributed by atoms with Gasteiger partial charge in [-0.25, -0.2) is 0 Å². The summed E-state index contributed by atoms with van der Waals surface area (Å²) in [5.74, 6) is 0.187.